The first-order chi connectivity index (χ1) is 14.1. The lowest BCUT2D eigenvalue weighted by Gasteiger charge is -2.34. The summed E-state index contributed by atoms with van der Waals surface area (Å²) in [6.45, 7) is 7.62. The molecule has 1 aromatic heterocycles. The predicted octanol–water partition coefficient (Wildman–Crippen LogP) is 7.29. The van der Waals surface area contributed by atoms with E-state index in [2.05, 4.69) is 15.9 Å². The summed E-state index contributed by atoms with van der Waals surface area (Å²) in [5, 5.41) is 0.597. The van der Waals surface area contributed by atoms with Crippen molar-refractivity contribution in [2.45, 2.75) is 54.4 Å². The SMILES string of the molecule is CCC1=C(C)C2=C(c3ccc(Cl)c(Br)c3)c3c(C)c(CC)c(C)n3[B-](F)(F)[N+]2=C1C. The lowest BCUT2D eigenvalue weighted by molar-refractivity contribution is -0.363. The van der Waals surface area contributed by atoms with Crippen molar-refractivity contribution in [3.05, 3.63) is 72.6 Å². The van der Waals surface area contributed by atoms with Crippen LogP contribution in [0.15, 0.2) is 39.5 Å². The maximum Gasteiger partial charge on any atom is 0.737 e. The third kappa shape index (κ3) is 2.69. The molecule has 0 atom stereocenters. The molecule has 158 valence electrons. The fourth-order valence-corrected chi connectivity index (χ4v) is 5.90. The molecule has 30 heavy (non-hydrogen) atoms. The number of aromatic nitrogens is 1. The van der Waals surface area contributed by atoms with Gasteiger partial charge in [0.05, 0.1) is 10.6 Å². The molecule has 2 aliphatic rings. The van der Waals surface area contributed by atoms with Gasteiger partial charge in [0.2, 0.25) is 0 Å². The first-order valence-electron chi connectivity index (χ1n) is 10.3. The molecular formula is C23H25BBrClF2N2. The van der Waals surface area contributed by atoms with Crippen LogP contribution in [0, 0.1) is 13.8 Å². The second kappa shape index (κ2) is 7.20. The van der Waals surface area contributed by atoms with Gasteiger partial charge in [-0.3, -0.25) is 0 Å². The first-order valence-corrected chi connectivity index (χ1v) is 11.5. The molecule has 3 heterocycles. The molecule has 0 saturated carbocycles. The van der Waals surface area contributed by atoms with E-state index in [0.29, 0.717) is 40.7 Å². The van der Waals surface area contributed by atoms with Gasteiger partial charge in [0.15, 0.2) is 5.70 Å². The van der Waals surface area contributed by atoms with Crippen molar-refractivity contribution in [2.75, 3.05) is 0 Å². The van der Waals surface area contributed by atoms with Gasteiger partial charge in [-0.15, -0.1) is 0 Å². The molecule has 2 nitrogen and oxygen atoms in total. The van der Waals surface area contributed by atoms with Crippen LogP contribution in [0.2, 0.25) is 5.02 Å². The summed E-state index contributed by atoms with van der Waals surface area (Å²) in [6.07, 6.45) is 1.43. The van der Waals surface area contributed by atoms with E-state index < -0.39 is 6.97 Å². The number of fused-ring (bicyclic) bond motifs is 2. The fourth-order valence-electron chi connectivity index (χ4n) is 5.40. The van der Waals surface area contributed by atoms with Crippen molar-refractivity contribution < 1.29 is 13.1 Å². The molecular weight excluding hydrogens is 468 g/mol. The zero-order chi connectivity index (χ0) is 22.1. The topological polar surface area (TPSA) is 7.94 Å². The molecule has 0 spiro atoms. The number of allylic oxidation sites excluding steroid dienone is 2. The van der Waals surface area contributed by atoms with Crippen LogP contribution in [0.4, 0.5) is 8.63 Å². The van der Waals surface area contributed by atoms with Gasteiger partial charge in [0, 0.05) is 28.2 Å². The largest absolute Gasteiger partial charge is 0.737 e. The Morgan fingerprint density at radius 1 is 1.10 bits per heavy atom. The van der Waals surface area contributed by atoms with Gasteiger partial charge < -0.3 is 17.6 Å². The van der Waals surface area contributed by atoms with Crippen LogP contribution in [0.3, 0.4) is 0 Å². The van der Waals surface area contributed by atoms with Crippen molar-refractivity contribution in [3.63, 3.8) is 0 Å². The molecule has 0 fully saturated rings. The van der Waals surface area contributed by atoms with Gasteiger partial charge in [0.1, 0.15) is 5.71 Å². The number of nitrogens with zero attached hydrogens (tertiary/aromatic N) is 2. The smallest absolute Gasteiger partial charge is 0.393 e. The minimum Gasteiger partial charge on any atom is -0.393 e. The van der Waals surface area contributed by atoms with Crippen molar-refractivity contribution in [3.8, 4) is 0 Å². The summed E-state index contributed by atoms with van der Waals surface area (Å²) in [5.41, 5.74) is 8.12. The summed E-state index contributed by atoms with van der Waals surface area (Å²) >= 11 is 9.76. The molecule has 4 rings (SSSR count). The highest BCUT2D eigenvalue weighted by Crippen LogP contribution is 2.47. The molecule has 1 aromatic carbocycles. The molecule has 0 unspecified atom stereocenters. The van der Waals surface area contributed by atoms with Crippen molar-refractivity contribution in [2.24, 2.45) is 0 Å². The summed E-state index contributed by atoms with van der Waals surface area (Å²) in [7, 11) is 0. The van der Waals surface area contributed by atoms with E-state index >= 15 is 8.63 Å². The van der Waals surface area contributed by atoms with Gasteiger partial charge in [-0.2, -0.15) is 0 Å². The number of halogens is 4. The Morgan fingerprint density at radius 2 is 1.77 bits per heavy atom. The zero-order valence-electron chi connectivity index (χ0n) is 18.1. The molecule has 7 heteroatoms. The Balaban J connectivity index is 2.23. The lowest BCUT2D eigenvalue weighted by Crippen LogP contribution is -2.51. The van der Waals surface area contributed by atoms with E-state index in [1.807, 2.05) is 59.7 Å². The van der Waals surface area contributed by atoms with Crippen LogP contribution in [0.5, 0.6) is 0 Å². The third-order valence-electron chi connectivity index (χ3n) is 6.70. The second-order valence-corrected chi connectivity index (χ2v) is 9.38. The van der Waals surface area contributed by atoms with E-state index in [1.165, 1.54) is 8.96 Å². The quantitative estimate of drug-likeness (QED) is 0.397. The van der Waals surface area contributed by atoms with E-state index in [-0.39, 0.29) is 0 Å². The number of rotatable bonds is 3. The summed E-state index contributed by atoms with van der Waals surface area (Å²) in [6, 6.07) is 5.68. The average molecular weight is 494 g/mol. The van der Waals surface area contributed by atoms with Crippen LogP contribution in [0.1, 0.15) is 62.2 Å². The maximum absolute atomic E-state index is 16.1. The van der Waals surface area contributed by atoms with Crippen LogP contribution in [-0.4, -0.2) is 21.6 Å². The minimum absolute atomic E-state index is 0.597. The zero-order valence-corrected chi connectivity index (χ0v) is 20.5. The minimum atomic E-state index is -4.00. The van der Waals surface area contributed by atoms with Crippen molar-refractivity contribution in [1.29, 1.82) is 0 Å². The van der Waals surface area contributed by atoms with E-state index in [1.54, 1.807) is 0 Å². The van der Waals surface area contributed by atoms with Crippen LogP contribution in [0.25, 0.3) is 5.57 Å². The van der Waals surface area contributed by atoms with Crippen LogP contribution >= 0.6 is 27.5 Å². The monoisotopic (exact) mass is 492 g/mol. The van der Waals surface area contributed by atoms with Gasteiger partial charge in [0.25, 0.3) is 0 Å². The lowest BCUT2D eigenvalue weighted by atomic mass is 9.83. The Kier molecular flexibility index (Phi) is 5.18. The number of hydrogen-bond acceptors (Lipinski definition) is 0. The molecule has 0 saturated heterocycles. The summed E-state index contributed by atoms with van der Waals surface area (Å²) in [4.78, 5) is 0. The molecule has 2 aliphatic heterocycles. The summed E-state index contributed by atoms with van der Waals surface area (Å²) in [5.74, 6) is 0. The van der Waals surface area contributed by atoms with Gasteiger partial charge in [-0.25, -0.2) is 0 Å². The van der Waals surface area contributed by atoms with Crippen molar-refractivity contribution >= 4 is 45.8 Å². The highest BCUT2D eigenvalue weighted by molar-refractivity contribution is 9.10. The van der Waals surface area contributed by atoms with Gasteiger partial charge >= 0.3 is 6.97 Å². The van der Waals surface area contributed by atoms with E-state index in [0.717, 1.165) is 37.9 Å². The molecule has 2 aromatic rings. The van der Waals surface area contributed by atoms with Crippen molar-refractivity contribution in [1.82, 2.24) is 4.48 Å². The van der Waals surface area contributed by atoms with E-state index in [4.69, 9.17) is 11.6 Å². The predicted molar refractivity (Wildman–Crippen MR) is 126 cm³/mol. The molecule has 0 aliphatic carbocycles. The standard InChI is InChI=1S/C23H25BBrClF2N2/c1-7-17-12(3)22-21(16-9-10-20(26)19(25)11-16)23-13(4)18(8-2)15(6)30(23)24(27,28)29(22)14(17)5/h9-11H,7-8H2,1-6H3. The normalized spacial score (nSPS) is 17.8. The highest BCUT2D eigenvalue weighted by Gasteiger charge is 2.56. The van der Waals surface area contributed by atoms with E-state index in [9.17, 15) is 0 Å². The molecule has 0 N–H and O–H groups in total. The Morgan fingerprint density at radius 3 is 2.33 bits per heavy atom. The van der Waals surface area contributed by atoms with Crippen LogP contribution in [-0.2, 0) is 6.42 Å². The van der Waals surface area contributed by atoms with Gasteiger partial charge in [-0.1, -0.05) is 31.5 Å². The Hall–Kier alpha value is -1.66. The Labute approximate surface area is 190 Å². The fraction of sp³-hybridized carbons (Fsp3) is 0.348. The summed E-state index contributed by atoms with van der Waals surface area (Å²) < 4.78 is 35.6. The number of hydrogen-bond donors (Lipinski definition) is 0. The second-order valence-electron chi connectivity index (χ2n) is 8.11. The Bertz CT molecular complexity index is 1200. The average Bonchev–Trinajstić information content (AvgIpc) is 3.09. The number of benzene rings is 1. The maximum atomic E-state index is 16.1. The van der Waals surface area contributed by atoms with Crippen LogP contribution < -0.4 is 0 Å². The first kappa shape index (κ1) is 21.6. The van der Waals surface area contributed by atoms with Gasteiger partial charge in [-0.05, 0) is 84.1 Å². The highest BCUT2D eigenvalue weighted by atomic mass is 79.9. The molecule has 0 amide bonds. The third-order valence-corrected chi connectivity index (χ3v) is 7.92. The molecule has 0 bridgehead atoms. The molecule has 0 radical (unpaired) electrons.